The van der Waals surface area contributed by atoms with Crippen LogP contribution in [0.2, 0.25) is 0 Å². The van der Waals surface area contributed by atoms with Crippen LogP contribution < -0.4 is 0 Å². The molecule has 2 N–H and O–H groups in total. The SMILES string of the molecule is O=S(=O)(O)C(CO)(CCl)CCl. The molecule has 0 spiro atoms. The Hall–Kier alpha value is 0.450. The van der Waals surface area contributed by atoms with Gasteiger partial charge in [0.25, 0.3) is 10.1 Å². The number of hydrogen-bond donors (Lipinski definition) is 2. The summed E-state index contributed by atoms with van der Waals surface area (Å²) in [7, 11) is -4.39. The van der Waals surface area contributed by atoms with Crippen molar-refractivity contribution < 1.29 is 18.1 Å². The van der Waals surface area contributed by atoms with E-state index in [0.717, 1.165) is 0 Å². The summed E-state index contributed by atoms with van der Waals surface area (Å²) in [5.74, 6) is -0.877. The van der Waals surface area contributed by atoms with Crippen LogP contribution >= 0.6 is 23.2 Å². The lowest BCUT2D eigenvalue weighted by Crippen LogP contribution is -2.45. The van der Waals surface area contributed by atoms with Gasteiger partial charge < -0.3 is 5.11 Å². The van der Waals surface area contributed by atoms with E-state index in [0.29, 0.717) is 0 Å². The van der Waals surface area contributed by atoms with Gasteiger partial charge in [-0.15, -0.1) is 23.2 Å². The molecule has 0 atom stereocenters. The van der Waals surface area contributed by atoms with Gasteiger partial charge in [-0.3, -0.25) is 4.55 Å². The van der Waals surface area contributed by atoms with Gasteiger partial charge in [-0.1, -0.05) is 0 Å². The Kier molecular flexibility index (Phi) is 4.07. The molecule has 0 heterocycles. The van der Waals surface area contributed by atoms with Crippen LogP contribution in [-0.2, 0) is 10.1 Å². The lowest BCUT2D eigenvalue weighted by atomic mass is 10.2. The van der Waals surface area contributed by atoms with Gasteiger partial charge in [-0.05, 0) is 0 Å². The first-order valence-electron chi connectivity index (χ1n) is 2.63. The second-order valence-electron chi connectivity index (χ2n) is 2.08. The van der Waals surface area contributed by atoms with Crippen LogP contribution in [0.15, 0.2) is 0 Å². The van der Waals surface area contributed by atoms with Crippen LogP contribution in [0.3, 0.4) is 0 Å². The van der Waals surface area contributed by atoms with Crippen molar-refractivity contribution in [1.29, 1.82) is 0 Å². The second-order valence-corrected chi connectivity index (χ2v) is 4.43. The van der Waals surface area contributed by atoms with E-state index in [2.05, 4.69) is 0 Å². The minimum Gasteiger partial charge on any atom is -0.395 e. The maximum absolute atomic E-state index is 10.6. The van der Waals surface area contributed by atoms with Crippen LogP contribution in [0.25, 0.3) is 0 Å². The van der Waals surface area contributed by atoms with Crippen LogP contribution in [0, 0.1) is 0 Å². The van der Waals surface area contributed by atoms with Crippen molar-refractivity contribution in [2.24, 2.45) is 0 Å². The molecule has 0 rings (SSSR count). The molecule has 0 radical (unpaired) electrons. The molecule has 0 aromatic rings. The Bertz CT molecular complexity index is 200. The van der Waals surface area contributed by atoms with Crippen LogP contribution in [0.1, 0.15) is 0 Å². The van der Waals surface area contributed by atoms with Gasteiger partial charge in [0, 0.05) is 11.8 Å². The van der Waals surface area contributed by atoms with Gasteiger partial charge >= 0.3 is 0 Å². The fourth-order valence-electron chi connectivity index (χ4n) is 0.340. The first-order valence-corrected chi connectivity index (χ1v) is 5.14. The average Bonchev–Trinajstić information content (AvgIpc) is 1.90. The Morgan fingerprint density at radius 3 is 1.64 bits per heavy atom. The molecule has 0 aliphatic heterocycles. The normalized spacial score (nSPS) is 13.5. The van der Waals surface area contributed by atoms with Gasteiger partial charge in [0.05, 0.1) is 6.61 Å². The van der Waals surface area contributed by atoms with E-state index in [1.54, 1.807) is 0 Å². The summed E-state index contributed by atoms with van der Waals surface area (Å²) in [5.41, 5.74) is 0. The van der Waals surface area contributed by atoms with E-state index < -0.39 is 33.2 Å². The van der Waals surface area contributed by atoms with Crippen molar-refractivity contribution in [3.05, 3.63) is 0 Å². The van der Waals surface area contributed by atoms with Crippen molar-refractivity contribution in [1.82, 2.24) is 0 Å². The highest BCUT2D eigenvalue weighted by Crippen LogP contribution is 2.19. The largest absolute Gasteiger partial charge is 0.395 e. The van der Waals surface area contributed by atoms with Crippen LogP contribution in [0.4, 0.5) is 0 Å². The molecule has 0 aliphatic carbocycles. The zero-order chi connectivity index (χ0) is 9.12. The molecule has 0 aromatic carbocycles. The van der Waals surface area contributed by atoms with Crippen molar-refractivity contribution in [2.75, 3.05) is 18.4 Å². The number of aliphatic hydroxyl groups is 1. The molecule has 0 saturated carbocycles. The molecular weight excluding hydrogens is 215 g/mol. The fourth-order valence-corrected chi connectivity index (χ4v) is 2.06. The highest BCUT2D eigenvalue weighted by Gasteiger charge is 2.41. The third kappa shape index (κ3) is 2.19. The number of halogens is 2. The predicted octanol–water partition coefficient (Wildman–Crippen LogP) is 0.0829. The summed E-state index contributed by atoms with van der Waals surface area (Å²) in [6.07, 6.45) is 0. The highest BCUT2D eigenvalue weighted by molar-refractivity contribution is 7.87. The monoisotopic (exact) mass is 222 g/mol. The number of hydrogen-bond acceptors (Lipinski definition) is 3. The van der Waals surface area contributed by atoms with Gasteiger partial charge in [-0.25, -0.2) is 0 Å². The van der Waals surface area contributed by atoms with E-state index in [1.165, 1.54) is 0 Å². The summed E-state index contributed by atoms with van der Waals surface area (Å²) in [4.78, 5) is 0. The highest BCUT2D eigenvalue weighted by atomic mass is 35.5. The number of rotatable bonds is 4. The number of alkyl halides is 2. The fraction of sp³-hybridized carbons (Fsp3) is 1.00. The lowest BCUT2D eigenvalue weighted by Gasteiger charge is -2.22. The summed E-state index contributed by atoms with van der Waals surface area (Å²) in [6, 6.07) is 0. The Balaban J connectivity index is 4.86. The van der Waals surface area contributed by atoms with Gasteiger partial charge in [0.1, 0.15) is 4.75 Å². The van der Waals surface area contributed by atoms with Gasteiger partial charge in [0.2, 0.25) is 0 Å². The Morgan fingerprint density at radius 1 is 1.27 bits per heavy atom. The van der Waals surface area contributed by atoms with Crippen molar-refractivity contribution in [3.63, 3.8) is 0 Å². The van der Waals surface area contributed by atoms with Crippen molar-refractivity contribution >= 4 is 33.3 Å². The molecule has 0 aliphatic rings. The van der Waals surface area contributed by atoms with Gasteiger partial charge in [-0.2, -0.15) is 8.42 Å². The molecule has 11 heavy (non-hydrogen) atoms. The first kappa shape index (κ1) is 11.4. The van der Waals surface area contributed by atoms with E-state index >= 15 is 0 Å². The molecule has 0 amide bonds. The van der Waals surface area contributed by atoms with Crippen LogP contribution in [0.5, 0.6) is 0 Å². The average molecular weight is 223 g/mol. The molecule has 4 nitrogen and oxygen atoms in total. The molecular formula is C4H8Cl2O4S. The van der Waals surface area contributed by atoms with Gasteiger partial charge in [0.15, 0.2) is 0 Å². The first-order chi connectivity index (χ1) is 4.93. The molecule has 0 fully saturated rings. The Labute approximate surface area is 74.9 Å². The van der Waals surface area contributed by atoms with E-state index in [9.17, 15) is 8.42 Å². The third-order valence-corrected chi connectivity index (χ3v) is 4.17. The number of aliphatic hydroxyl groups excluding tert-OH is 1. The molecule has 0 saturated heterocycles. The standard InChI is InChI=1S/C4H8Cl2O4S/c5-1-4(2-6,3-7)11(8,9)10/h7H,1-3H2,(H,8,9,10). The molecule has 0 unspecified atom stereocenters. The smallest absolute Gasteiger partial charge is 0.275 e. The summed E-state index contributed by atoms with van der Waals surface area (Å²) >= 11 is 10.5. The minimum atomic E-state index is -4.39. The van der Waals surface area contributed by atoms with E-state index in [-0.39, 0.29) is 0 Å². The van der Waals surface area contributed by atoms with E-state index in [4.69, 9.17) is 32.9 Å². The molecule has 7 heteroatoms. The maximum Gasteiger partial charge on any atom is 0.275 e. The molecule has 68 valence electrons. The maximum atomic E-state index is 10.6. The lowest BCUT2D eigenvalue weighted by molar-refractivity contribution is 0.253. The summed E-state index contributed by atoms with van der Waals surface area (Å²) in [5, 5.41) is 8.60. The third-order valence-electron chi connectivity index (χ3n) is 1.32. The second kappa shape index (κ2) is 3.91. The quantitative estimate of drug-likeness (QED) is 0.523. The molecule has 0 aromatic heterocycles. The summed E-state index contributed by atoms with van der Waals surface area (Å²) in [6.45, 7) is -0.793. The summed E-state index contributed by atoms with van der Waals surface area (Å²) < 4.78 is 27.9. The van der Waals surface area contributed by atoms with E-state index in [1.807, 2.05) is 0 Å². The van der Waals surface area contributed by atoms with Crippen molar-refractivity contribution in [3.8, 4) is 0 Å². The topological polar surface area (TPSA) is 74.6 Å². The predicted molar refractivity (Wildman–Crippen MR) is 42.8 cm³/mol. The minimum absolute atomic E-state index is 0.439. The Morgan fingerprint density at radius 2 is 1.64 bits per heavy atom. The van der Waals surface area contributed by atoms with Crippen molar-refractivity contribution in [2.45, 2.75) is 4.75 Å². The zero-order valence-electron chi connectivity index (χ0n) is 5.50. The van der Waals surface area contributed by atoms with Crippen LogP contribution in [-0.4, -0.2) is 41.2 Å². The molecule has 0 bridgehead atoms. The zero-order valence-corrected chi connectivity index (χ0v) is 7.82.